The number of halogens is 5. The third-order valence-corrected chi connectivity index (χ3v) is 16.7. The first-order valence-electron chi connectivity index (χ1n) is 21.0. The molecule has 14 nitrogen and oxygen atoms in total. The molecular weight excluding hydrogens is 992 g/mol. The highest BCUT2D eigenvalue weighted by Crippen LogP contribution is 2.32. The molecule has 2 fully saturated rings. The Bertz CT molecular complexity index is 2370. The van der Waals surface area contributed by atoms with Crippen molar-refractivity contribution in [2.45, 2.75) is 35.6 Å². The van der Waals surface area contributed by atoms with E-state index < -0.39 is 20.0 Å². The van der Waals surface area contributed by atoms with Crippen LogP contribution in [0.15, 0.2) is 94.7 Å². The van der Waals surface area contributed by atoms with Crippen molar-refractivity contribution in [3.8, 4) is 0 Å². The highest BCUT2D eigenvalue weighted by atomic mass is 35.5. The highest BCUT2D eigenvalue weighted by Gasteiger charge is 2.26. The molecule has 0 atom stereocenters. The van der Waals surface area contributed by atoms with Crippen LogP contribution in [0, 0.1) is 0 Å². The normalized spacial score (nSPS) is 14.7. The summed E-state index contributed by atoms with van der Waals surface area (Å²) in [5.74, 6) is 0.0207. The number of ether oxygens (including phenoxy) is 1. The molecular formula is C45H60Cl5N7O7S2. The van der Waals surface area contributed by atoms with Crippen molar-refractivity contribution >= 4 is 102 Å². The van der Waals surface area contributed by atoms with Gasteiger partial charge in [-0.3, -0.25) is 9.59 Å². The summed E-state index contributed by atoms with van der Waals surface area (Å²) in [6.45, 7) is 9.68. The number of ketones is 1. The largest absolute Gasteiger partial charge is 0.466 e. The first-order chi connectivity index (χ1) is 30.9. The van der Waals surface area contributed by atoms with E-state index in [4.69, 9.17) is 52.1 Å². The monoisotopic (exact) mass is 1050 g/mol. The first-order valence-corrected chi connectivity index (χ1v) is 25.4. The fourth-order valence-corrected chi connectivity index (χ4v) is 10.5. The molecule has 66 heavy (non-hydrogen) atoms. The standard InChI is InChI=1S/C23H29Cl2N3O3S.C12H19N3.C10H11Cl2NO4S.ClH/c1-26-14-16-28(17-15-26)19-9-6-18(7-10-19)8-11-20(29)12-13-27(2)32(30,31)22-5-3-4-21(24)23(22)25;1-14-6-8-15(9-7-14)12-4-2-11(10-13)3-5-12;1-13(5-6-17-7-14)18(15,16)9-4-2-3-8(11)10(9)12;/h3-7,9-10H,8,11-17H2,1-2H3;2-5H,6-10,13H2,1H3;2-4,7H,5-6H2,1H3;1H. The second kappa shape index (κ2) is 27.7. The average molecular weight is 1050 g/mol. The Kier molecular flexibility index (Phi) is 23.9. The van der Waals surface area contributed by atoms with Crippen molar-refractivity contribution in [2.75, 3.05) is 110 Å². The lowest BCUT2D eigenvalue weighted by Gasteiger charge is -2.34. The van der Waals surface area contributed by atoms with Gasteiger partial charge in [-0.15, -0.1) is 12.4 Å². The van der Waals surface area contributed by atoms with Crippen LogP contribution in [-0.4, -0.2) is 148 Å². The second-order valence-corrected chi connectivity index (χ2v) is 21.2. The maximum atomic E-state index is 12.7. The van der Waals surface area contributed by atoms with Gasteiger partial charge in [0.2, 0.25) is 20.0 Å². The van der Waals surface area contributed by atoms with E-state index in [2.05, 4.69) is 87.0 Å². The molecule has 2 aliphatic heterocycles. The number of hydrogen-bond donors (Lipinski definition) is 1. The lowest BCUT2D eigenvalue weighted by molar-refractivity contribution is -0.128. The summed E-state index contributed by atoms with van der Waals surface area (Å²) in [7, 11) is -0.454. The molecule has 0 aliphatic carbocycles. The van der Waals surface area contributed by atoms with Gasteiger partial charge in [0.05, 0.1) is 20.1 Å². The number of aryl methyl sites for hydroxylation is 1. The molecule has 0 unspecified atom stereocenters. The minimum Gasteiger partial charge on any atom is -0.466 e. The molecule has 6 rings (SSSR count). The Hall–Kier alpha value is -3.23. The van der Waals surface area contributed by atoms with Crippen LogP contribution in [-0.2, 0) is 47.3 Å². The Morgan fingerprint density at radius 3 is 1.45 bits per heavy atom. The fourth-order valence-electron chi connectivity index (χ4n) is 6.71. The zero-order valence-corrected chi connectivity index (χ0v) is 43.1. The van der Waals surface area contributed by atoms with E-state index >= 15 is 0 Å². The molecule has 4 aromatic rings. The summed E-state index contributed by atoms with van der Waals surface area (Å²) in [6, 6.07) is 25.8. The van der Waals surface area contributed by atoms with Gasteiger partial charge in [0, 0.05) is 110 Å². The van der Waals surface area contributed by atoms with Crippen molar-refractivity contribution in [3.63, 3.8) is 0 Å². The molecule has 0 spiro atoms. The van der Waals surface area contributed by atoms with Gasteiger partial charge >= 0.3 is 0 Å². The number of nitrogens with two attached hydrogens (primary N) is 1. The van der Waals surface area contributed by atoms with Crippen molar-refractivity contribution in [1.82, 2.24) is 18.4 Å². The van der Waals surface area contributed by atoms with Crippen LogP contribution in [0.3, 0.4) is 0 Å². The quantitative estimate of drug-likeness (QED) is 0.0850. The molecule has 0 saturated carbocycles. The molecule has 0 aromatic heterocycles. The predicted octanol–water partition coefficient (Wildman–Crippen LogP) is 7.06. The number of sulfonamides is 2. The summed E-state index contributed by atoms with van der Waals surface area (Å²) in [5.41, 5.74) is 10.4. The lowest BCUT2D eigenvalue weighted by atomic mass is 10.1. The third-order valence-electron chi connectivity index (χ3n) is 11.0. The molecule has 0 radical (unpaired) electrons. The Labute approximate surface area is 416 Å². The van der Waals surface area contributed by atoms with Crippen LogP contribution in [0.4, 0.5) is 11.4 Å². The number of Topliss-reactive ketones (excluding diaryl/α,β-unsaturated/α-hetero) is 1. The number of rotatable bonds is 17. The van der Waals surface area contributed by atoms with Gasteiger partial charge in [0.1, 0.15) is 22.2 Å². The topological polar surface area (TPSA) is 157 Å². The summed E-state index contributed by atoms with van der Waals surface area (Å²) >= 11 is 23.6. The highest BCUT2D eigenvalue weighted by molar-refractivity contribution is 7.89. The van der Waals surface area contributed by atoms with E-state index in [0.717, 1.165) is 66.5 Å². The minimum absolute atomic E-state index is 0. The second-order valence-electron chi connectivity index (χ2n) is 15.6. The Morgan fingerprint density at radius 1 is 0.636 bits per heavy atom. The van der Waals surface area contributed by atoms with Gasteiger partial charge in [-0.05, 0) is 80.2 Å². The number of hydrogen-bond acceptors (Lipinski definition) is 12. The molecule has 2 heterocycles. The maximum absolute atomic E-state index is 12.7. The van der Waals surface area contributed by atoms with Gasteiger partial charge < -0.3 is 30.1 Å². The molecule has 2 N–H and O–H groups in total. The van der Waals surface area contributed by atoms with Gasteiger partial charge in [-0.1, -0.05) is 82.8 Å². The van der Waals surface area contributed by atoms with Crippen molar-refractivity contribution in [2.24, 2.45) is 5.73 Å². The van der Waals surface area contributed by atoms with Crippen molar-refractivity contribution in [1.29, 1.82) is 0 Å². The number of benzene rings is 4. The van der Waals surface area contributed by atoms with Crippen molar-refractivity contribution < 1.29 is 31.2 Å². The lowest BCUT2D eigenvalue weighted by Crippen LogP contribution is -2.44. The number of anilines is 2. The maximum Gasteiger partial charge on any atom is 0.293 e. The number of piperazine rings is 2. The van der Waals surface area contributed by atoms with Crippen LogP contribution in [0.1, 0.15) is 24.0 Å². The molecule has 4 aromatic carbocycles. The number of likely N-dealkylation sites (N-methyl/N-ethyl adjacent to an activating group) is 3. The Balaban J connectivity index is 0.000000287. The average Bonchev–Trinajstić information content (AvgIpc) is 3.30. The summed E-state index contributed by atoms with van der Waals surface area (Å²) in [4.78, 5) is 31.7. The van der Waals surface area contributed by atoms with E-state index in [1.54, 1.807) is 0 Å². The molecule has 0 bridgehead atoms. The Morgan fingerprint density at radius 2 is 1.05 bits per heavy atom. The van der Waals surface area contributed by atoms with Gasteiger partial charge in [0.25, 0.3) is 6.47 Å². The van der Waals surface area contributed by atoms with Crippen LogP contribution in [0.25, 0.3) is 0 Å². The number of carbonyl (C=O) groups is 2. The molecule has 0 amide bonds. The van der Waals surface area contributed by atoms with Crippen LogP contribution < -0.4 is 15.5 Å². The van der Waals surface area contributed by atoms with Gasteiger partial charge in [-0.2, -0.15) is 4.31 Å². The molecule has 364 valence electrons. The van der Waals surface area contributed by atoms with Gasteiger partial charge in [0.15, 0.2) is 0 Å². The predicted molar refractivity (Wildman–Crippen MR) is 270 cm³/mol. The van der Waals surface area contributed by atoms with Crippen LogP contribution in [0.2, 0.25) is 20.1 Å². The zero-order chi connectivity index (χ0) is 47.7. The van der Waals surface area contributed by atoms with E-state index in [1.807, 2.05) is 0 Å². The SMILES string of the molecule is CN(CCOC=O)S(=O)(=O)c1cccc(Cl)c1Cl.CN1CCN(c2ccc(CCC(=O)CCN(C)S(=O)(=O)c3cccc(Cl)c3Cl)cc2)CC1.CN1CCN(c2ccc(CN)cc2)CC1.Cl. The van der Waals surface area contributed by atoms with Gasteiger partial charge in [-0.25, -0.2) is 21.1 Å². The number of nitrogens with zero attached hydrogens (tertiary/aromatic N) is 6. The number of carbonyl (C=O) groups excluding carboxylic acids is 2. The molecule has 2 saturated heterocycles. The summed E-state index contributed by atoms with van der Waals surface area (Å²) in [5, 5.41) is 0.306. The molecule has 21 heteroatoms. The van der Waals surface area contributed by atoms with E-state index in [0.29, 0.717) is 19.4 Å². The minimum atomic E-state index is -3.82. The third kappa shape index (κ3) is 16.8. The summed E-state index contributed by atoms with van der Waals surface area (Å²) in [6.07, 6.45) is 1.16. The van der Waals surface area contributed by atoms with E-state index in [-0.39, 0.29) is 80.7 Å². The smallest absolute Gasteiger partial charge is 0.293 e. The summed E-state index contributed by atoms with van der Waals surface area (Å²) < 4.78 is 56.4. The molecule has 2 aliphatic rings. The van der Waals surface area contributed by atoms with E-state index in [9.17, 15) is 26.4 Å². The zero-order valence-electron chi connectivity index (χ0n) is 37.6. The van der Waals surface area contributed by atoms with Crippen molar-refractivity contribution in [3.05, 3.63) is 116 Å². The van der Waals surface area contributed by atoms with Crippen LogP contribution in [0.5, 0.6) is 0 Å². The fraction of sp³-hybridized carbons (Fsp3) is 0.422. The van der Waals surface area contributed by atoms with Crippen LogP contribution >= 0.6 is 58.8 Å². The van der Waals surface area contributed by atoms with E-state index in [1.165, 1.54) is 67.4 Å². The first kappa shape index (κ1) is 57.1.